The average molecular weight is 349 g/mol. The van der Waals surface area contributed by atoms with Gasteiger partial charge in [-0.2, -0.15) is 10.2 Å². The topological polar surface area (TPSA) is 110 Å². The maximum atomic E-state index is 4.75. The van der Waals surface area contributed by atoms with E-state index in [1.165, 1.54) is 0 Å². The predicted molar refractivity (Wildman–Crippen MR) is 97.4 cm³/mol. The third-order valence-electron chi connectivity index (χ3n) is 4.15. The first-order chi connectivity index (χ1) is 12.5. The van der Waals surface area contributed by atoms with Crippen LogP contribution in [0.5, 0.6) is 0 Å². The average Bonchev–Trinajstić information content (AvgIpc) is 3.19. The third-order valence-corrected chi connectivity index (χ3v) is 4.15. The van der Waals surface area contributed by atoms with Crippen LogP contribution in [0.2, 0.25) is 0 Å². The van der Waals surface area contributed by atoms with Gasteiger partial charge in [0, 0.05) is 25.0 Å². The molecule has 4 aromatic rings. The van der Waals surface area contributed by atoms with Crippen LogP contribution in [-0.4, -0.2) is 39.9 Å². The molecule has 0 saturated heterocycles. The van der Waals surface area contributed by atoms with Gasteiger partial charge in [0.05, 0.1) is 17.1 Å². The van der Waals surface area contributed by atoms with Crippen LogP contribution in [-0.2, 0) is 7.05 Å². The zero-order valence-electron chi connectivity index (χ0n) is 15.0. The van der Waals surface area contributed by atoms with Gasteiger partial charge < -0.3 is 5.32 Å². The van der Waals surface area contributed by atoms with E-state index in [9.17, 15) is 0 Å². The highest BCUT2D eigenvalue weighted by Gasteiger charge is 2.19. The number of H-pyrrole nitrogens is 1. The van der Waals surface area contributed by atoms with Crippen LogP contribution in [0.1, 0.15) is 30.3 Å². The Morgan fingerprint density at radius 3 is 2.58 bits per heavy atom. The second-order valence-corrected chi connectivity index (χ2v) is 6.18. The molecular formula is C17H19N9. The summed E-state index contributed by atoms with van der Waals surface area (Å²) in [4.78, 5) is 17.9. The van der Waals surface area contributed by atoms with Crippen molar-refractivity contribution in [3.8, 4) is 11.4 Å². The highest BCUT2D eigenvalue weighted by atomic mass is 15.3. The summed E-state index contributed by atoms with van der Waals surface area (Å²) in [5, 5.41) is 15.9. The van der Waals surface area contributed by atoms with Gasteiger partial charge in [-0.05, 0) is 32.9 Å². The Labute approximate surface area is 149 Å². The van der Waals surface area contributed by atoms with E-state index in [0.29, 0.717) is 17.5 Å². The van der Waals surface area contributed by atoms with Crippen molar-refractivity contribution in [3.63, 3.8) is 0 Å². The molecule has 132 valence electrons. The Bertz CT molecular complexity index is 1060. The zero-order chi connectivity index (χ0) is 18.3. The van der Waals surface area contributed by atoms with Crippen molar-refractivity contribution in [2.75, 3.05) is 5.32 Å². The van der Waals surface area contributed by atoms with Gasteiger partial charge in [-0.1, -0.05) is 0 Å². The molecule has 2 N–H and O–H groups in total. The molecule has 0 spiro atoms. The van der Waals surface area contributed by atoms with Gasteiger partial charge in [0.1, 0.15) is 11.6 Å². The van der Waals surface area contributed by atoms with E-state index in [2.05, 4.69) is 30.6 Å². The fraction of sp³-hybridized carbons (Fsp3) is 0.294. The van der Waals surface area contributed by atoms with Crippen molar-refractivity contribution >= 4 is 16.9 Å². The SMILES string of the molecule is Cc1nc(C(C)Nc2nc(-c3ccncc3)nc3c2c(C)nn3C)n[nH]1. The number of rotatable bonds is 4. The van der Waals surface area contributed by atoms with Crippen molar-refractivity contribution in [1.82, 2.24) is 39.9 Å². The maximum Gasteiger partial charge on any atom is 0.172 e. The van der Waals surface area contributed by atoms with Crippen LogP contribution in [0.15, 0.2) is 24.5 Å². The second-order valence-electron chi connectivity index (χ2n) is 6.18. The van der Waals surface area contributed by atoms with Crippen LogP contribution >= 0.6 is 0 Å². The van der Waals surface area contributed by atoms with E-state index in [4.69, 9.17) is 9.97 Å². The molecule has 9 heteroatoms. The molecule has 4 rings (SSSR count). The fourth-order valence-electron chi connectivity index (χ4n) is 2.90. The summed E-state index contributed by atoms with van der Waals surface area (Å²) in [6, 6.07) is 3.65. The highest BCUT2D eigenvalue weighted by Crippen LogP contribution is 2.29. The minimum atomic E-state index is -0.122. The lowest BCUT2D eigenvalue weighted by Gasteiger charge is -2.13. The molecular weight excluding hydrogens is 330 g/mol. The Morgan fingerprint density at radius 2 is 1.88 bits per heavy atom. The zero-order valence-corrected chi connectivity index (χ0v) is 15.0. The molecule has 0 fully saturated rings. The summed E-state index contributed by atoms with van der Waals surface area (Å²) in [7, 11) is 1.88. The number of fused-ring (bicyclic) bond motifs is 1. The first-order valence-corrected chi connectivity index (χ1v) is 8.30. The van der Waals surface area contributed by atoms with Gasteiger partial charge >= 0.3 is 0 Å². The van der Waals surface area contributed by atoms with Crippen molar-refractivity contribution in [2.24, 2.45) is 7.05 Å². The summed E-state index contributed by atoms with van der Waals surface area (Å²) < 4.78 is 1.77. The minimum Gasteiger partial charge on any atom is -0.360 e. The van der Waals surface area contributed by atoms with Gasteiger partial charge in [-0.15, -0.1) is 0 Å². The predicted octanol–water partition coefficient (Wildman–Crippen LogP) is 2.33. The van der Waals surface area contributed by atoms with Crippen molar-refractivity contribution < 1.29 is 0 Å². The van der Waals surface area contributed by atoms with Gasteiger partial charge in [0.2, 0.25) is 0 Å². The molecule has 0 aliphatic carbocycles. The summed E-state index contributed by atoms with van der Waals surface area (Å²) in [5.41, 5.74) is 2.53. The van der Waals surface area contributed by atoms with Gasteiger partial charge in [0.15, 0.2) is 17.3 Å². The summed E-state index contributed by atoms with van der Waals surface area (Å²) in [6.45, 7) is 5.82. The van der Waals surface area contributed by atoms with Crippen molar-refractivity contribution in [3.05, 3.63) is 41.9 Å². The summed E-state index contributed by atoms with van der Waals surface area (Å²) in [6.07, 6.45) is 3.45. The van der Waals surface area contributed by atoms with Crippen LogP contribution in [0.3, 0.4) is 0 Å². The van der Waals surface area contributed by atoms with Crippen LogP contribution < -0.4 is 5.32 Å². The fourth-order valence-corrected chi connectivity index (χ4v) is 2.90. The Kier molecular flexibility index (Phi) is 3.83. The molecule has 1 unspecified atom stereocenters. The molecule has 0 bridgehead atoms. The van der Waals surface area contributed by atoms with Gasteiger partial charge in [-0.25, -0.2) is 15.0 Å². The Morgan fingerprint density at radius 1 is 1.12 bits per heavy atom. The molecule has 9 nitrogen and oxygen atoms in total. The Hall–Kier alpha value is -3.36. The van der Waals surface area contributed by atoms with E-state index in [1.807, 2.05) is 40.0 Å². The standard InChI is InChI=1S/C17H19N9/c1-9-13-16(19-10(2)14-20-11(3)23-24-14)21-15(12-5-7-18-8-6-12)22-17(13)26(4)25-9/h5-8,10H,1-4H3,(H,19,21,22)(H,20,23,24). The van der Waals surface area contributed by atoms with E-state index >= 15 is 0 Å². The molecule has 1 atom stereocenters. The summed E-state index contributed by atoms with van der Waals surface area (Å²) in [5.74, 6) is 2.78. The monoisotopic (exact) mass is 349 g/mol. The van der Waals surface area contributed by atoms with Crippen LogP contribution in [0, 0.1) is 13.8 Å². The molecule has 4 heterocycles. The van der Waals surface area contributed by atoms with Gasteiger partial charge in [-0.3, -0.25) is 14.8 Å². The molecule has 0 aliphatic heterocycles. The van der Waals surface area contributed by atoms with E-state index in [1.54, 1.807) is 17.1 Å². The lowest BCUT2D eigenvalue weighted by Crippen LogP contribution is -2.11. The quantitative estimate of drug-likeness (QED) is 0.582. The summed E-state index contributed by atoms with van der Waals surface area (Å²) >= 11 is 0. The highest BCUT2D eigenvalue weighted by molar-refractivity contribution is 5.91. The lowest BCUT2D eigenvalue weighted by molar-refractivity contribution is 0.773. The van der Waals surface area contributed by atoms with Crippen molar-refractivity contribution in [1.29, 1.82) is 0 Å². The molecule has 0 aromatic carbocycles. The second kappa shape index (κ2) is 6.17. The number of anilines is 1. The minimum absolute atomic E-state index is 0.122. The van der Waals surface area contributed by atoms with E-state index in [0.717, 1.165) is 28.1 Å². The number of nitrogens with one attached hydrogen (secondary N) is 2. The number of aromatic nitrogens is 8. The van der Waals surface area contributed by atoms with Gasteiger partial charge in [0.25, 0.3) is 0 Å². The third kappa shape index (κ3) is 2.77. The maximum absolute atomic E-state index is 4.75. The number of nitrogens with zero attached hydrogens (tertiary/aromatic N) is 7. The smallest absolute Gasteiger partial charge is 0.172 e. The number of aryl methyl sites for hydroxylation is 3. The van der Waals surface area contributed by atoms with Crippen LogP contribution in [0.4, 0.5) is 5.82 Å². The number of pyridine rings is 1. The van der Waals surface area contributed by atoms with E-state index < -0.39 is 0 Å². The number of hydrogen-bond acceptors (Lipinski definition) is 7. The first kappa shape index (κ1) is 16.1. The normalized spacial score (nSPS) is 12.5. The first-order valence-electron chi connectivity index (χ1n) is 8.30. The van der Waals surface area contributed by atoms with Crippen LogP contribution in [0.25, 0.3) is 22.4 Å². The largest absolute Gasteiger partial charge is 0.360 e. The molecule has 26 heavy (non-hydrogen) atoms. The molecule has 0 amide bonds. The molecule has 0 saturated carbocycles. The van der Waals surface area contributed by atoms with E-state index in [-0.39, 0.29) is 6.04 Å². The molecule has 4 aromatic heterocycles. The number of aromatic amines is 1. The van der Waals surface area contributed by atoms with Crippen molar-refractivity contribution in [2.45, 2.75) is 26.8 Å². The number of hydrogen-bond donors (Lipinski definition) is 2. The molecule has 0 radical (unpaired) electrons. The molecule has 0 aliphatic rings. The lowest BCUT2D eigenvalue weighted by atomic mass is 10.2. The Balaban J connectivity index is 1.84.